The van der Waals surface area contributed by atoms with Gasteiger partial charge in [0.2, 0.25) is 5.88 Å². The van der Waals surface area contributed by atoms with Gasteiger partial charge in [-0.1, -0.05) is 23.7 Å². The molecule has 1 aromatic heterocycles. The molecule has 0 unspecified atom stereocenters. The van der Waals surface area contributed by atoms with Crippen LogP contribution < -0.4 is 14.8 Å². The van der Waals surface area contributed by atoms with Crippen molar-refractivity contribution in [3.63, 3.8) is 0 Å². The van der Waals surface area contributed by atoms with Gasteiger partial charge in [-0.2, -0.15) is 18.2 Å². The van der Waals surface area contributed by atoms with E-state index >= 15 is 0 Å². The van der Waals surface area contributed by atoms with Crippen LogP contribution in [0, 0.1) is 0 Å². The average molecular weight is 541 g/mol. The molecule has 188 valence electrons. The Hall–Kier alpha value is -3.84. The highest BCUT2D eigenvalue weighted by molar-refractivity contribution is 7.92. The summed E-state index contributed by atoms with van der Waals surface area (Å²) in [6.07, 6.45) is -6.01. The number of anilines is 1. The van der Waals surface area contributed by atoms with E-state index in [0.29, 0.717) is 11.3 Å². The number of fused-ring (bicyclic) bond motifs is 1. The fourth-order valence-electron chi connectivity index (χ4n) is 3.47. The third-order valence-electron chi connectivity index (χ3n) is 5.17. The summed E-state index contributed by atoms with van der Waals surface area (Å²) in [5.74, 6) is -0.407. The molecule has 1 aliphatic heterocycles. The number of amides is 1. The van der Waals surface area contributed by atoms with E-state index in [-0.39, 0.29) is 40.2 Å². The fraction of sp³-hybridized carbons (Fsp3) is 0.136. The maximum Gasteiger partial charge on any atom is 0.433 e. The van der Waals surface area contributed by atoms with E-state index in [1.165, 1.54) is 36.4 Å². The van der Waals surface area contributed by atoms with Crippen LogP contribution in [-0.2, 0) is 16.2 Å². The van der Waals surface area contributed by atoms with Crippen LogP contribution in [0.25, 0.3) is 11.3 Å². The van der Waals surface area contributed by atoms with Crippen molar-refractivity contribution >= 4 is 39.2 Å². The third-order valence-corrected chi connectivity index (χ3v) is 7.29. The summed E-state index contributed by atoms with van der Waals surface area (Å²) in [5, 5.41) is 8.62. The van der Waals surface area contributed by atoms with Gasteiger partial charge in [0.1, 0.15) is 18.1 Å². The summed E-state index contributed by atoms with van der Waals surface area (Å²) in [6.45, 7) is -0.0711. The standard InChI is InChI=1S/C22H16ClF3N4O5S/c23-16-11-14(5-6-15(16)19(27)29-21(31)32)36(33,34)30-9-10-35-20-18(30)8-7-17(28-20)12-1-3-13(4-2-12)22(24,25)26/h1-8,11H,9-10H2,(H2,27,29)(H,31,32). The Morgan fingerprint density at radius 2 is 1.83 bits per heavy atom. The van der Waals surface area contributed by atoms with Crippen molar-refractivity contribution in [3.8, 4) is 17.1 Å². The van der Waals surface area contributed by atoms with E-state index in [4.69, 9.17) is 27.2 Å². The van der Waals surface area contributed by atoms with Crippen molar-refractivity contribution in [1.29, 1.82) is 0 Å². The van der Waals surface area contributed by atoms with Crippen molar-refractivity contribution in [1.82, 2.24) is 4.98 Å². The molecule has 0 spiro atoms. The first-order valence-electron chi connectivity index (χ1n) is 10.1. The zero-order valence-corrected chi connectivity index (χ0v) is 19.6. The van der Waals surface area contributed by atoms with E-state index in [2.05, 4.69) is 9.98 Å². The molecule has 4 rings (SSSR count). The van der Waals surface area contributed by atoms with Crippen LogP contribution in [0.15, 0.2) is 64.5 Å². The number of nitrogens with two attached hydrogens (primary N) is 1. The summed E-state index contributed by atoms with van der Waals surface area (Å²) >= 11 is 6.14. The molecule has 0 atom stereocenters. The molecule has 0 saturated heterocycles. The van der Waals surface area contributed by atoms with Crippen molar-refractivity contribution < 1.29 is 36.2 Å². The minimum absolute atomic E-state index is 0.0113. The second-order valence-electron chi connectivity index (χ2n) is 7.44. The molecule has 14 heteroatoms. The molecule has 1 aliphatic rings. The van der Waals surface area contributed by atoms with Crippen LogP contribution >= 0.6 is 11.6 Å². The molecule has 9 nitrogen and oxygen atoms in total. The zero-order chi connectivity index (χ0) is 26.3. The number of alkyl halides is 3. The Morgan fingerprint density at radius 1 is 1.14 bits per heavy atom. The number of ether oxygens (including phenoxy) is 1. The number of hydrogen-bond donors (Lipinski definition) is 2. The highest BCUT2D eigenvalue weighted by Gasteiger charge is 2.32. The van der Waals surface area contributed by atoms with Gasteiger partial charge in [0.15, 0.2) is 0 Å². The number of carboxylic acid groups (broad SMARTS) is 1. The molecule has 2 aromatic carbocycles. The lowest BCUT2D eigenvalue weighted by molar-refractivity contribution is -0.137. The van der Waals surface area contributed by atoms with E-state index in [9.17, 15) is 26.4 Å². The first-order valence-corrected chi connectivity index (χ1v) is 11.9. The van der Waals surface area contributed by atoms with Crippen LogP contribution in [0.3, 0.4) is 0 Å². The normalized spacial score (nSPS) is 14.2. The molecule has 3 aromatic rings. The van der Waals surface area contributed by atoms with E-state index < -0.39 is 33.7 Å². The maximum absolute atomic E-state index is 13.4. The topological polar surface area (TPSA) is 135 Å². The monoisotopic (exact) mass is 540 g/mol. The number of hydrogen-bond acceptors (Lipinski definition) is 5. The number of aliphatic imine (C=N–C) groups is 1. The van der Waals surface area contributed by atoms with Gasteiger partial charge in [-0.15, -0.1) is 0 Å². The minimum atomic E-state index is -4.48. The first-order chi connectivity index (χ1) is 16.9. The van der Waals surface area contributed by atoms with Crippen LogP contribution in [0.1, 0.15) is 11.1 Å². The smallest absolute Gasteiger partial charge is 0.433 e. The van der Waals surface area contributed by atoms with Crippen LogP contribution in [-0.4, -0.2) is 43.6 Å². The van der Waals surface area contributed by atoms with Crippen LogP contribution in [0.4, 0.5) is 23.7 Å². The lowest BCUT2D eigenvalue weighted by Crippen LogP contribution is -2.38. The zero-order valence-electron chi connectivity index (χ0n) is 18.0. The summed E-state index contributed by atoms with van der Waals surface area (Å²) in [6, 6.07) is 10.9. The number of sulfonamides is 1. The van der Waals surface area contributed by atoms with Gasteiger partial charge in [-0.05, 0) is 42.5 Å². The van der Waals surface area contributed by atoms with Gasteiger partial charge >= 0.3 is 12.3 Å². The molecular formula is C22H16ClF3N4O5S. The number of amidine groups is 1. The van der Waals surface area contributed by atoms with Gasteiger partial charge in [0.25, 0.3) is 10.0 Å². The van der Waals surface area contributed by atoms with Crippen molar-refractivity contribution in [2.45, 2.75) is 11.1 Å². The summed E-state index contributed by atoms with van der Waals surface area (Å²) < 4.78 is 71.8. The molecule has 0 aliphatic carbocycles. The van der Waals surface area contributed by atoms with Crippen molar-refractivity contribution in [2.24, 2.45) is 10.7 Å². The number of aromatic nitrogens is 1. The van der Waals surface area contributed by atoms with Crippen molar-refractivity contribution in [2.75, 3.05) is 17.5 Å². The molecule has 36 heavy (non-hydrogen) atoms. The second-order valence-corrected chi connectivity index (χ2v) is 9.71. The number of benzene rings is 2. The SMILES string of the molecule is NC(=NC(=O)O)c1ccc(S(=O)(=O)N2CCOc3nc(-c4ccc(C(F)(F)F)cc4)ccc32)cc1Cl. The van der Waals surface area contributed by atoms with Crippen LogP contribution in [0.2, 0.25) is 5.02 Å². The van der Waals surface area contributed by atoms with Gasteiger partial charge < -0.3 is 15.6 Å². The largest absolute Gasteiger partial charge is 0.474 e. The van der Waals surface area contributed by atoms with E-state index in [1.807, 2.05) is 0 Å². The number of halogens is 4. The van der Waals surface area contributed by atoms with Gasteiger partial charge in [-0.3, -0.25) is 4.31 Å². The Morgan fingerprint density at radius 3 is 2.44 bits per heavy atom. The lowest BCUT2D eigenvalue weighted by atomic mass is 10.1. The van der Waals surface area contributed by atoms with Gasteiger partial charge in [0.05, 0.1) is 27.7 Å². The maximum atomic E-state index is 13.4. The highest BCUT2D eigenvalue weighted by atomic mass is 35.5. The van der Waals surface area contributed by atoms with E-state index in [0.717, 1.165) is 22.5 Å². The molecule has 0 bridgehead atoms. The summed E-state index contributed by atoms with van der Waals surface area (Å²) in [5.41, 5.74) is 5.64. The number of carbonyl (C=O) groups is 1. The molecule has 0 saturated carbocycles. The molecule has 3 N–H and O–H groups in total. The Kier molecular flexibility index (Phi) is 6.54. The number of rotatable bonds is 4. The molecule has 2 heterocycles. The van der Waals surface area contributed by atoms with Gasteiger partial charge in [0, 0.05) is 11.1 Å². The third kappa shape index (κ3) is 4.93. The summed E-state index contributed by atoms with van der Waals surface area (Å²) in [4.78, 5) is 18.0. The second kappa shape index (κ2) is 9.32. The summed E-state index contributed by atoms with van der Waals surface area (Å²) in [7, 11) is -4.16. The Balaban J connectivity index is 1.66. The van der Waals surface area contributed by atoms with E-state index in [1.54, 1.807) is 0 Å². The first kappa shape index (κ1) is 25.3. The minimum Gasteiger partial charge on any atom is -0.474 e. The van der Waals surface area contributed by atoms with Gasteiger partial charge in [-0.25, -0.2) is 18.2 Å². The Labute approximate surface area is 207 Å². The average Bonchev–Trinajstić information content (AvgIpc) is 2.82. The Bertz CT molecular complexity index is 1480. The molecule has 0 radical (unpaired) electrons. The molecule has 1 amide bonds. The molecular weight excluding hydrogens is 525 g/mol. The highest BCUT2D eigenvalue weighted by Crippen LogP contribution is 2.37. The fourth-order valence-corrected chi connectivity index (χ4v) is 5.29. The predicted octanol–water partition coefficient (Wildman–Crippen LogP) is 4.39. The number of pyridine rings is 1. The predicted molar refractivity (Wildman–Crippen MR) is 125 cm³/mol. The lowest BCUT2D eigenvalue weighted by Gasteiger charge is -2.30. The molecule has 0 fully saturated rings. The van der Waals surface area contributed by atoms with Crippen molar-refractivity contribution in [3.05, 3.63) is 70.7 Å². The van der Waals surface area contributed by atoms with Crippen LogP contribution in [0.5, 0.6) is 5.88 Å². The quantitative estimate of drug-likeness (QED) is 0.370. The number of nitrogens with zero attached hydrogens (tertiary/aromatic N) is 3.